The molecule has 276 valence electrons. The fourth-order valence-corrected chi connectivity index (χ4v) is 8.08. The number of alkyl halides is 2. The zero-order valence-corrected chi connectivity index (χ0v) is 30.2. The van der Waals surface area contributed by atoms with Crippen molar-refractivity contribution in [3.05, 3.63) is 88.5 Å². The maximum Gasteiger partial charge on any atom is 0.387 e. The Morgan fingerprint density at radius 1 is 0.944 bits per heavy atom. The van der Waals surface area contributed by atoms with Gasteiger partial charge in [-0.3, -0.25) is 14.6 Å². The molecule has 1 N–H and O–H groups in total. The number of aromatic nitrogens is 2. The Bertz CT molecular complexity index is 2450. The Kier molecular flexibility index (Phi) is 9.37. The van der Waals surface area contributed by atoms with Crippen LogP contribution in [0.2, 0.25) is 0 Å². The topological polar surface area (TPSA) is 129 Å². The van der Waals surface area contributed by atoms with E-state index in [2.05, 4.69) is 17.9 Å². The third-order valence-corrected chi connectivity index (χ3v) is 10.8. The van der Waals surface area contributed by atoms with Crippen LogP contribution >= 0.6 is 0 Å². The molecule has 12 heteroatoms. The van der Waals surface area contributed by atoms with E-state index in [0.29, 0.717) is 64.8 Å². The quantitative estimate of drug-likeness (QED) is 0.146. The van der Waals surface area contributed by atoms with E-state index in [-0.39, 0.29) is 17.9 Å². The summed E-state index contributed by atoms with van der Waals surface area (Å²) in [6.45, 7) is 6.68. The Labute approximate surface area is 310 Å². The molecule has 0 spiro atoms. The highest BCUT2D eigenvalue weighted by atomic mass is 19.3. The monoisotopic (exact) mass is 731 g/mol. The molecule has 0 aliphatic carbocycles. The highest BCUT2D eigenvalue weighted by Crippen LogP contribution is 2.39. The number of ether oxygens (including phenoxy) is 1. The van der Waals surface area contributed by atoms with Gasteiger partial charge in [0.15, 0.2) is 11.2 Å². The first-order valence-electron chi connectivity index (χ1n) is 18.2. The maximum absolute atomic E-state index is 13.5. The van der Waals surface area contributed by atoms with Gasteiger partial charge in [-0.1, -0.05) is 31.2 Å². The van der Waals surface area contributed by atoms with Crippen LogP contribution in [0.3, 0.4) is 0 Å². The second-order valence-corrected chi connectivity index (χ2v) is 14.5. The predicted octanol–water partition coefficient (Wildman–Crippen LogP) is 8.95. The number of rotatable bonds is 10. The second-order valence-electron chi connectivity index (χ2n) is 14.5. The minimum atomic E-state index is -3.07. The van der Waals surface area contributed by atoms with Crippen molar-refractivity contribution in [1.29, 1.82) is 5.26 Å². The van der Waals surface area contributed by atoms with E-state index < -0.39 is 18.6 Å². The van der Waals surface area contributed by atoms with Gasteiger partial charge in [0, 0.05) is 42.4 Å². The number of likely N-dealkylation sites (tertiary alicyclic amines) is 2. The molecule has 2 atom stereocenters. The van der Waals surface area contributed by atoms with Crippen LogP contribution in [0.1, 0.15) is 54.0 Å². The second kappa shape index (κ2) is 14.3. The summed E-state index contributed by atoms with van der Waals surface area (Å²) in [6, 6.07) is 20.3. The van der Waals surface area contributed by atoms with Crippen molar-refractivity contribution in [1.82, 2.24) is 19.8 Å². The standard InChI is InChI=1S/C42H39F2N5O5/c1-23-12-14-48(20-23)21-26-15-27(19-45)38-34(16-26)47-40(54-38)32-10-5-8-30(25(32)3)29-7-4-9-31(24(29)2)39-46-33-17-28(22-49-13-6-11-35(49)41(50)51)36(53-42(43)44)18-37(33)52-39/h4-5,7-10,15-18,23,35,42H,6,11-14,20-22H2,1-3H3,(H,50,51)/t23-,35+/m1/s1. The average molecular weight is 732 g/mol. The highest BCUT2D eigenvalue weighted by molar-refractivity contribution is 5.86. The lowest BCUT2D eigenvalue weighted by molar-refractivity contribution is -0.142. The number of oxazole rings is 2. The summed E-state index contributed by atoms with van der Waals surface area (Å²) in [6.07, 6.45) is 2.36. The number of aliphatic carboxylic acids is 1. The van der Waals surface area contributed by atoms with Crippen LogP contribution in [0.25, 0.3) is 56.2 Å². The van der Waals surface area contributed by atoms with Gasteiger partial charge in [0.2, 0.25) is 11.8 Å². The van der Waals surface area contributed by atoms with Gasteiger partial charge in [-0.05, 0) is 110 Å². The highest BCUT2D eigenvalue weighted by Gasteiger charge is 2.32. The van der Waals surface area contributed by atoms with Crippen molar-refractivity contribution in [3.63, 3.8) is 0 Å². The smallest absolute Gasteiger partial charge is 0.387 e. The molecule has 0 unspecified atom stereocenters. The number of fused-ring (bicyclic) bond motifs is 2. The van der Waals surface area contributed by atoms with E-state index >= 15 is 0 Å². The normalized spacial score (nSPS) is 17.9. The molecule has 2 aliphatic heterocycles. The first-order chi connectivity index (χ1) is 26.1. The molecule has 54 heavy (non-hydrogen) atoms. The summed E-state index contributed by atoms with van der Waals surface area (Å²) in [5, 5.41) is 19.7. The van der Waals surface area contributed by atoms with Crippen LogP contribution in [-0.4, -0.2) is 63.1 Å². The molecular formula is C42H39F2N5O5. The summed E-state index contributed by atoms with van der Waals surface area (Å²) >= 11 is 0. The van der Waals surface area contributed by atoms with Crippen LogP contribution in [-0.2, 0) is 17.9 Å². The fourth-order valence-electron chi connectivity index (χ4n) is 8.08. The first kappa shape index (κ1) is 35.4. The Morgan fingerprint density at radius 3 is 2.28 bits per heavy atom. The molecule has 4 aromatic carbocycles. The lowest BCUT2D eigenvalue weighted by Gasteiger charge is -2.22. The van der Waals surface area contributed by atoms with Crippen molar-refractivity contribution in [2.45, 2.75) is 65.8 Å². The molecule has 0 radical (unpaired) electrons. The van der Waals surface area contributed by atoms with Gasteiger partial charge >= 0.3 is 12.6 Å². The van der Waals surface area contributed by atoms with Gasteiger partial charge in [-0.15, -0.1) is 0 Å². The number of halogens is 2. The predicted molar refractivity (Wildman–Crippen MR) is 199 cm³/mol. The van der Waals surface area contributed by atoms with Crippen LogP contribution in [0, 0.1) is 31.1 Å². The van der Waals surface area contributed by atoms with Gasteiger partial charge in [-0.25, -0.2) is 9.97 Å². The largest absolute Gasteiger partial charge is 0.480 e. The molecule has 2 fully saturated rings. The van der Waals surface area contributed by atoms with Crippen molar-refractivity contribution >= 4 is 28.2 Å². The minimum Gasteiger partial charge on any atom is -0.480 e. The molecule has 0 bridgehead atoms. The molecular weight excluding hydrogens is 692 g/mol. The van der Waals surface area contributed by atoms with Gasteiger partial charge < -0.3 is 18.7 Å². The fraction of sp³-hybridized carbons (Fsp3) is 0.333. The first-order valence-corrected chi connectivity index (χ1v) is 18.2. The molecule has 6 aromatic rings. The summed E-state index contributed by atoms with van der Waals surface area (Å²) in [4.78, 5) is 25.6. The number of nitrogens with zero attached hydrogens (tertiary/aromatic N) is 5. The SMILES string of the molecule is Cc1c(-c2nc3cc(CN4CCC[C@H]4C(=O)O)c(OC(F)F)cc3o2)cccc1-c1cccc(-c2nc3cc(CN4CC[C@@H](C)C4)cc(C#N)c3o2)c1C. The van der Waals surface area contributed by atoms with E-state index in [9.17, 15) is 23.9 Å². The zero-order valence-electron chi connectivity index (χ0n) is 30.2. The van der Waals surface area contributed by atoms with Gasteiger partial charge in [0.1, 0.15) is 28.9 Å². The van der Waals surface area contributed by atoms with Crippen LogP contribution in [0.15, 0.2) is 69.5 Å². The maximum atomic E-state index is 13.5. The summed E-state index contributed by atoms with van der Waals surface area (Å²) < 4.78 is 44.3. The lowest BCUT2D eigenvalue weighted by Crippen LogP contribution is -2.35. The van der Waals surface area contributed by atoms with Gasteiger partial charge in [0.05, 0.1) is 5.56 Å². The molecule has 4 heterocycles. The van der Waals surface area contributed by atoms with E-state index in [4.69, 9.17) is 23.5 Å². The van der Waals surface area contributed by atoms with Crippen molar-refractivity contribution < 1.29 is 32.3 Å². The number of benzene rings is 4. The van der Waals surface area contributed by atoms with Gasteiger partial charge in [0.25, 0.3) is 0 Å². The van der Waals surface area contributed by atoms with Crippen molar-refractivity contribution in [2.24, 2.45) is 5.92 Å². The van der Waals surface area contributed by atoms with Crippen molar-refractivity contribution in [2.75, 3.05) is 19.6 Å². The molecule has 10 nitrogen and oxygen atoms in total. The molecule has 2 aliphatic rings. The number of hydrogen-bond donors (Lipinski definition) is 1. The Balaban J connectivity index is 1.13. The summed E-state index contributed by atoms with van der Waals surface area (Å²) in [5.41, 5.74) is 8.98. The molecule has 0 saturated carbocycles. The van der Waals surface area contributed by atoms with Crippen molar-refractivity contribution in [3.8, 4) is 45.9 Å². The van der Waals surface area contributed by atoms with Gasteiger partial charge in [-0.2, -0.15) is 14.0 Å². The van der Waals surface area contributed by atoms with Crippen LogP contribution in [0.5, 0.6) is 5.75 Å². The average Bonchev–Trinajstić information content (AvgIpc) is 3.95. The van der Waals surface area contributed by atoms with E-state index in [1.54, 1.807) is 11.0 Å². The summed E-state index contributed by atoms with van der Waals surface area (Å²) in [7, 11) is 0. The number of hydrogen-bond acceptors (Lipinski definition) is 9. The van der Waals surface area contributed by atoms with Crippen LogP contribution in [0.4, 0.5) is 8.78 Å². The third kappa shape index (κ3) is 6.70. The van der Waals surface area contributed by atoms with E-state index in [1.807, 2.05) is 62.4 Å². The Hall–Kier alpha value is -5.64. The molecule has 8 rings (SSSR count). The Morgan fingerprint density at radius 2 is 1.63 bits per heavy atom. The number of carboxylic acids is 1. The minimum absolute atomic E-state index is 0.0762. The third-order valence-electron chi connectivity index (χ3n) is 10.8. The van der Waals surface area contributed by atoms with E-state index in [1.165, 1.54) is 12.5 Å². The number of carboxylic acid groups (broad SMARTS) is 1. The number of carbonyl (C=O) groups is 1. The lowest BCUT2D eigenvalue weighted by atomic mass is 9.91. The molecule has 2 aromatic heterocycles. The summed E-state index contributed by atoms with van der Waals surface area (Å²) in [5.74, 6) is 0.387. The van der Waals surface area contributed by atoms with E-state index in [0.717, 1.165) is 58.6 Å². The molecule has 2 saturated heterocycles. The molecule has 0 amide bonds. The number of nitriles is 1. The van der Waals surface area contributed by atoms with Crippen LogP contribution < -0.4 is 4.74 Å². The zero-order chi connectivity index (χ0) is 37.7.